The lowest BCUT2D eigenvalue weighted by Gasteiger charge is -2.25. The summed E-state index contributed by atoms with van der Waals surface area (Å²) in [5.74, 6) is -0.275. The fourth-order valence-corrected chi connectivity index (χ4v) is 4.87. The van der Waals surface area contributed by atoms with Crippen LogP contribution in [0.5, 0.6) is 0 Å². The quantitative estimate of drug-likeness (QED) is 0.736. The Hall–Kier alpha value is -2.14. The molecule has 1 aromatic rings. The van der Waals surface area contributed by atoms with Crippen molar-refractivity contribution in [1.29, 1.82) is 0 Å². The van der Waals surface area contributed by atoms with Crippen LogP contribution in [0.4, 0.5) is 5.69 Å². The summed E-state index contributed by atoms with van der Waals surface area (Å²) in [7, 11) is 0. The van der Waals surface area contributed by atoms with E-state index in [9.17, 15) is 9.59 Å². The highest BCUT2D eigenvalue weighted by molar-refractivity contribution is 6.03. The van der Waals surface area contributed by atoms with Gasteiger partial charge in [-0.05, 0) is 31.4 Å². The number of rotatable bonds is 7. The average Bonchev–Trinajstić information content (AvgIpc) is 3.30. The molecule has 28 heavy (non-hydrogen) atoms. The zero-order valence-electron chi connectivity index (χ0n) is 16.9. The highest BCUT2D eigenvalue weighted by atomic mass is 16.5. The minimum atomic E-state index is -0.666. The minimum absolute atomic E-state index is 0.00865. The molecular weight excluding hydrogens is 352 g/mol. The van der Waals surface area contributed by atoms with Gasteiger partial charge in [-0.25, -0.2) is 0 Å². The molecule has 1 spiro atoms. The second-order valence-corrected chi connectivity index (χ2v) is 8.89. The van der Waals surface area contributed by atoms with E-state index in [0.29, 0.717) is 12.5 Å². The summed E-state index contributed by atoms with van der Waals surface area (Å²) < 4.78 is 6.20. The summed E-state index contributed by atoms with van der Waals surface area (Å²) in [5.41, 5.74) is 0.193. The van der Waals surface area contributed by atoms with Crippen LogP contribution in [0, 0.1) is 17.8 Å². The van der Waals surface area contributed by atoms with Gasteiger partial charge in [-0.2, -0.15) is 0 Å². The molecule has 3 heterocycles. The van der Waals surface area contributed by atoms with Gasteiger partial charge >= 0.3 is 0 Å². The molecule has 2 fully saturated rings. The van der Waals surface area contributed by atoms with E-state index in [0.717, 1.165) is 24.9 Å². The molecule has 0 aromatic heterocycles. The molecule has 3 aliphatic rings. The number of hydrogen-bond donors (Lipinski definition) is 1. The predicted octanol–water partition coefficient (Wildman–Crippen LogP) is 3.30. The second-order valence-electron chi connectivity index (χ2n) is 8.89. The number of ether oxygens (including phenoxy) is 1. The Labute approximate surface area is 167 Å². The van der Waals surface area contributed by atoms with E-state index >= 15 is 0 Å². The Balaban J connectivity index is 1.47. The van der Waals surface area contributed by atoms with Gasteiger partial charge in [0.05, 0.1) is 24.5 Å². The van der Waals surface area contributed by atoms with Gasteiger partial charge in [-0.3, -0.25) is 9.59 Å². The second kappa shape index (κ2) is 7.36. The van der Waals surface area contributed by atoms with Crippen molar-refractivity contribution in [3.05, 3.63) is 42.5 Å². The maximum atomic E-state index is 13.3. The Morgan fingerprint density at radius 2 is 2.00 bits per heavy atom. The third-order valence-electron chi connectivity index (χ3n) is 6.28. The van der Waals surface area contributed by atoms with Crippen molar-refractivity contribution in [2.24, 2.45) is 17.8 Å². The molecule has 5 nitrogen and oxygen atoms in total. The topological polar surface area (TPSA) is 58.6 Å². The van der Waals surface area contributed by atoms with Gasteiger partial charge in [0.1, 0.15) is 5.60 Å². The molecule has 4 rings (SSSR count). The molecule has 5 atom stereocenters. The molecule has 3 unspecified atom stereocenters. The molecule has 0 saturated carbocycles. The fourth-order valence-electron chi connectivity index (χ4n) is 4.87. The molecule has 150 valence electrons. The number of nitrogens with one attached hydrogen (secondary N) is 1. The van der Waals surface area contributed by atoms with Gasteiger partial charge in [-0.1, -0.05) is 57.0 Å². The van der Waals surface area contributed by atoms with Crippen molar-refractivity contribution in [1.82, 2.24) is 5.32 Å². The molecule has 1 aromatic carbocycles. The fraction of sp³-hybridized carbons (Fsp3) is 0.565. The lowest BCUT2D eigenvalue weighted by atomic mass is 9.76. The number of hydrogen-bond acceptors (Lipinski definition) is 3. The van der Waals surface area contributed by atoms with Crippen LogP contribution in [0.3, 0.4) is 0 Å². The van der Waals surface area contributed by atoms with Crippen LogP contribution >= 0.6 is 0 Å². The van der Waals surface area contributed by atoms with E-state index in [1.54, 1.807) is 4.90 Å². The monoisotopic (exact) mass is 382 g/mol. The van der Waals surface area contributed by atoms with Crippen molar-refractivity contribution in [2.45, 2.75) is 57.8 Å². The Kier molecular flexibility index (Phi) is 5.04. The Bertz CT molecular complexity index is 775. The third kappa shape index (κ3) is 3.26. The summed E-state index contributed by atoms with van der Waals surface area (Å²) in [6.07, 6.45) is 6.88. The standard InChI is InChI=1S/C23H30N2O3/c1-15(2)8-7-9-16(3)24-21(26)19-18-12-13-23(28-18)14-25(22(27)20(19)23)17-10-5-4-6-11-17/h4-6,10-13,15-16,18-20H,7-9,14H2,1-3H3,(H,24,26)/t16?,18-,19?,20?,23+/m0/s1. The Morgan fingerprint density at radius 3 is 2.71 bits per heavy atom. The van der Waals surface area contributed by atoms with E-state index in [-0.39, 0.29) is 24.0 Å². The first kappa shape index (κ1) is 19.2. The van der Waals surface area contributed by atoms with E-state index in [4.69, 9.17) is 4.74 Å². The van der Waals surface area contributed by atoms with Crippen molar-refractivity contribution in [3.63, 3.8) is 0 Å². The molecule has 0 aliphatic carbocycles. The lowest BCUT2D eigenvalue weighted by Crippen LogP contribution is -2.46. The third-order valence-corrected chi connectivity index (χ3v) is 6.28. The van der Waals surface area contributed by atoms with E-state index in [1.807, 2.05) is 49.4 Å². The smallest absolute Gasteiger partial charge is 0.234 e. The summed E-state index contributed by atoms with van der Waals surface area (Å²) >= 11 is 0. The molecular formula is C23H30N2O3. The maximum absolute atomic E-state index is 13.3. The van der Waals surface area contributed by atoms with Gasteiger partial charge in [-0.15, -0.1) is 0 Å². The summed E-state index contributed by atoms with van der Waals surface area (Å²) in [5, 5.41) is 3.14. The van der Waals surface area contributed by atoms with Crippen molar-refractivity contribution >= 4 is 17.5 Å². The van der Waals surface area contributed by atoms with Gasteiger partial charge in [0.2, 0.25) is 11.8 Å². The molecule has 2 saturated heterocycles. The Morgan fingerprint density at radius 1 is 1.25 bits per heavy atom. The molecule has 1 N–H and O–H groups in total. The largest absolute Gasteiger partial charge is 0.360 e. The van der Waals surface area contributed by atoms with Gasteiger partial charge in [0, 0.05) is 11.7 Å². The first-order valence-corrected chi connectivity index (χ1v) is 10.5. The van der Waals surface area contributed by atoms with Crippen LogP contribution in [-0.4, -0.2) is 36.1 Å². The first-order chi connectivity index (χ1) is 13.4. The predicted molar refractivity (Wildman–Crippen MR) is 109 cm³/mol. The zero-order valence-corrected chi connectivity index (χ0v) is 16.9. The molecule has 2 bridgehead atoms. The number of benzene rings is 1. The number of carbonyl (C=O) groups is 2. The zero-order chi connectivity index (χ0) is 19.9. The van der Waals surface area contributed by atoms with Gasteiger partial charge in [0.15, 0.2) is 0 Å². The van der Waals surface area contributed by atoms with Crippen molar-refractivity contribution in [3.8, 4) is 0 Å². The van der Waals surface area contributed by atoms with Crippen molar-refractivity contribution in [2.75, 3.05) is 11.4 Å². The number of carbonyl (C=O) groups excluding carboxylic acids is 2. The molecule has 3 aliphatic heterocycles. The van der Waals surface area contributed by atoms with E-state index in [2.05, 4.69) is 19.2 Å². The number of amides is 2. The van der Waals surface area contributed by atoms with Crippen molar-refractivity contribution < 1.29 is 14.3 Å². The number of nitrogens with zero attached hydrogens (tertiary/aromatic N) is 1. The molecule has 5 heteroatoms. The summed E-state index contributed by atoms with van der Waals surface area (Å²) in [4.78, 5) is 28.1. The highest BCUT2D eigenvalue weighted by Crippen LogP contribution is 2.52. The normalized spacial score (nSPS) is 31.5. The number of anilines is 1. The van der Waals surface area contributed by atoms with Crippen LogP contribution < -0.4 is 10.2 Å². The SMILES string of the molecule is CC(C)CCCC(C)NC(=O)C1C2C(=O)N(c3ccccc3)C[C@]23C=C[C@@H]1O3. The van der Waals surface area contributed by atoms with Crippen LogP contribution in [0.25, 0.3) is 0 Å². The first-order valence-electron chi connectivity index (χ1n) is 10.5. The van der Waals surface area contributed by atoms with Crippen LogP contribution in [0.1, 0.15) is 40.0 Å². The summed E-state index contributed by atoms with van der Waals surface area (Å²) in [6.45, 7) is 6.95. The van der Waals surface area contributed by atoms with E-state index in [1.165, 1.54) is 0 Å². The minimum Gasteiger partial charge on any atom is -0.360 e. The lowest BCUT2D eigenvalue weighted by molar-refractivity contribution is -0.132. The number of fused-ring (bicyclic) bond motifs is 1. The highest BCUT2D eigenvalue weighted by Gasteiger charge is 2.67. The van der Waals surface area contributed by atoms with Gasteiger partial charge < -0.3 is 15.0 Å². The molecule has 2 amide bonds. The maximum Gasteiger partial charge on any atom is 0.234 e. The van der Waals surface area contributed by atoms with Crippen LogP contribution in [-0.2, 0) is 14.3 Å². The average molecular weight is 383 g/mol. The van der Waals surface area contributed by atoms with Crippen LogP contribution in [0.15, 0.2) is 42.5 Å². The van der Waals surface area contributed by atoms with Gasteiger partial charge in [0.25, 0.3) is 0 Å². The molecule has 0 radical (unpaired) electrons. The van der Waals surface area contributed by atoms with E-state index < -0.39 is 17.4 Å². The summed E-state index contributed by atoms with van der Waals surface area (Å²) in [6, 6.07) is 9.74. The van der Waals surface area contributed by atoms with Crippen LogP contribution in [0.2, 0.25) is 0 Å². The number of para-hydroxylation sites is 1.